The van der Waals surface area contributed by atoms with Gasteiger partial charge in [0, 0.05) is 49.2 Å². The first-order valence-corrected chi connectivity index (χ1v) is 18.1. The zero-order valence-electron chi connectivity index (χ0n) is 27.3. The molecule has 0 aromatic rings. The van der Waals surface area contributed by atoms with E-state index in [0.29, 0.717) is 63.1 Å². The highest BCUT2D eigenvalue weighted by Gasteiger charge is 2.50. The molecule has 1 saturated heterocycles. The van der Waals surface area contributed by atoms with Crippen LogP contribution >= 0.6 is 11.6 Å². The molecular formula is C32H56BClN6O5. The second-order valence-electron chi connectivity index (χ2n) is 14.2. The maximum Gasteiger partial charge on any atom is 0.454 e. The lowest BCUT2D eigenvalue weighted by Gasteiger charge is -2.44. The summed E-state index contributed by atoms with van der Waals surface area (Å²) in [6.45, 7) is 3.43. The molecule has 0 aromatic heterocycles. The molecule has 6 N–H and O–H groups in total. The van der Waals surface area contributed by atoms with Crippen LogP contribution in [0.3, 0.4) is 0 Å². The number of halogens is 1. The molecule has 2 heterocycles. The quantitative estimate of drug-likeness (QED) is 0.107. The fourth-order valence-corrected chi connectivity index (χ4v) is 8.87. The molecule has 0 spiro atoms. The molecule has 13 heteroatoms. The first-order valence-electron chi connectivity index (χ1n) is 17.7. The number of rotatable bonds is 12. The molecule has 0 radical (unpaired) electrons. The molecule has 5 aliphatic rings. The summed E-state index contributed by atoms with van der Waals surface area (Å²) in [5.41, 5.74) is 8.24. The van der Waals surface area contributed by atoms with Gasteiger partial charge in [-0.05, 0) is 95.7 Å². The fraction of sp³-hybridized carbons (Fsp3) is 0.906. The van der Waals surface area contributed by atoms with Gasteiger partial charge < -0.3 is 25.4 Å². The SMILES string of the molecule is COC1CCC2C(C1)C(C1CCC(Cl)CC1)=N[C@@H](CC(=O)NCCCCCNC(=O)C1CCC(B(O)O)CC1)C1NNC(C)N21. The largest absolute Gasteiger partial charge is 0.454 e. The summed E-state index contributed by atoms with van der Waals surface area (Å²) in [4.78, 5) is 33.8. The lowest BCUT2D eigenvalue weighted by Crippen LogP contribution is -2.55. The monoisotopic (exact) mass is 650 g/mol. The molecule has 0 bridgehead atoms. The third-order valence-corrected chi connectivity index (χ3v) is 11.7. The van der Waals surface area contributed by atoms with Crippen LogP contribution in [0.5, 0.6) is 0 Å². The maximum atomic E-state index is 13.3. The van der Waals surface area contributed by atoms with Gasteiger partial charge in [-0.1, -0.05) is 12.8 Å². The molecule has 11 nitrogen and oxygen atoms in total. The van der Waals surface area contributed by atoms with Crippen molar-refractivity contribution in [2.75, 3.05) is 20.2 Å². The first kappa shape index (κ1) is 35.0. The van der Waals surface area contributed by atoms with Gasteiger partial charge in [0.25, 0.3) is 0 Å². The molecule has 6 atom stereocenters. The molecular weight excluding hydrogens is 595 g/mol. The Hall–Kier alpha value is -1.28. The lowest BCUT2D eigenvalue weighted by atomic mass is 9.63. The Morgan fingerprint density at radius 1 is 0.978 bits per heavy atom. The van der Waals surface area contributed by atoms with Crippen LogP contribution in [0.25, 0.3) is 0 Å². The number of carbonyl (C=O) groups is 2. The Labute approximate surface area is 274 Å². The van der Waals surface area contributed by atoms with Crippen LogP contribution in [-0.4, -0.2) is 95.7 Å². The second kappa shape index (κ2) is 16.7. The van der Waals surface area contributed by atoms with Gasteiger partial charge in [0.1, 0.15) is 0 Å². The van der Waals surface area contributed by atoms with E-state index in [4.69, 9.17) is 21.3 Å². The smallest absolute Gasteiger partial charge is 0.427 e. The van der Waals surface area contributed by atoms with Crippen LogP contribution in [0.15, 0.2) is 4.99 Å². The van der Waals surface area contributed by atoms with Crippen molar-refractivity contribution in [1.29, 1.82) is 0 Å². The zero-order chi connectivity index (χ0) is 31.9. The van der Waals surface area contributed by atoms with E-state index >= 15 is 0 Å². The normalized spacial score (nSPS) is 37.1. The summed E-state index contributed by atoms with van der Waals surface area (Å²) in [7, 11) is 0.542. The number of carbonyl (C=O) groups excluding carboxylic acids is 2. The first-order chi connectivity index (χ1) is 21.7. The molecule has 2 aliphatic heterocycles. The lowest BCUT2D eigenvalue weighted by molar-refractivity contribution is -0.126. The second-order valence-corrected chi connectivity index (χ2v) is 14.8. The molecule has 45 heavy (non-hydrogen) atoms. The van der Waals surface area contributed by atoms with Crippen molar-refractivity contribution in [1.82, 2.24) is 26.4 Å². The molecule has 3 saturated carbocycles. The standard InChI is InChI=1S/C32H56BClN6O5/c1-20-38-39-31-27(19-29(41)35-16-4-3-5-17-36-32(42)22-6-10-23(11-7-22)33(43)44)37-30(21-8-12-24(34)13-9-21)26-18-25(45-2)14-15-28(26)40(20)31/h20-28,31,38-39,43-44H,3-19H2,1-2H3,(H,35,41)(H,36,42)/t20?,21?,22?,23?,24?,25?,26?,27-,28?,31?/m0/s1. The minimum atomic E-state index is -1.28. The van der Waals surface area contributed by atoms with Gasteiger partial charge in [-0.15, -0.1) is 11.6 Å². The van der Waals surface area contributed by atoms with Gasteiger partial charge >= 0.3 is 7.12 Å². The highest BCUT2D eigenvalue weighted by molar-refractivity contribution is 6.43. The van der Waals surface area contributed by atoms with E-state index in [1.807, 2.05) is 7.11 Å². The van der Waals surface area contributed by atoms with Crippen molar-refractivity contribution in [2.24, 2.45) is 22.7 Å². The van der Waals surface area contributed by atoms with Crippen molar-refractivity contribution < 1.29 is 24.4 Å². The molecule has 0 aromatic carbocycles. The van der Waals surface area contributed by atoms with Gasteiger partial charge in [0.05, 0.1) is 30.9 Å². The summed E-state index contributed by atoms with van der Waals surface area (Å²) in [6.07, 6.45) is 13.4. The number of alkyl halides is 1. The number of hydrogen-bond acceptors (Lipinski definition) is 9. The number of nitrogens with one attached hydrogen (secondary N) is 4. The van der Waals surface area contributed by atoms with Crippen LogP contribution in [0.1, 0.15) is 103 Å². The molecule has 5 unspecified atom stereocenters. The van der Waals surface area contributed by atoms with E-state index in [2.05, 4.69) is 33.3 Å². The molecule has 2 amide bonds. The highest BCUT2D eigenvalue weighted by Crippen LogP contribution is 2.42. The minimum Gasteiger partial charge on any atom is -0.427 e. The number of methoxy groups -OCH3 is 1. The Balaban J connectivity index is 1.11. The molecule has 5 rings (SSSR count). The Kier molecular flexibility index (Phi) is 13.0. The maximum absolute atomic E-state index is 13.3. The minimum absolute atomic E-state index is 0.0318. The summed E-state index contributed by atoms with van der Waals surface area (Å²) < 4.78 is 5.87. The van der Waals surface area contributed by atoms with Crippen LogP contribution in [0, 0.1) is 17.8 Å². The number of hydrazine groups is 1. The topological polar surface area (TPSA) is 148 Å². The van der Waals surface area contributed by atoms with Gasteiger partial charge in [0.15, 0.2) is 0 Å². The Morgan fingerprint density at radius 3 is 2.38 bits per heavy atom. The van der Waals surface area contributed by atoms with Crippen molar-refractivity contribution in [3.8, 4) is 0 Å². The summed E-state index contributed by atoms with van der Waals surface area (Å²) in [5, 5.41) is 25.1. The predicted octanol–water partition coefficient (Wildman–Crippen LogP) is 2.70. The summed E-state index contributed by atoms with van der Waals surface area (Å²) in [6, 6.07) is 0.187. The number of fused-ring (bicyclic) bond motifs is 3. The molecule has 3 aliphatic carbocycles. The van der Waals surface area contributed by atoms with Crippen LogP contribution in [0.4, 0.5) is 0 Å². The predicted molar refractivity (Wildman–Crippen MR) is 176 cm³/mol. The Morgan fingerprint density at radius 2 is 1.69 bits per heavy atom. The van der Waals surface area contributed by atoms with Crippen molar-refractivity contribution in [3.63, 3.8) is 0 Å². The van der Waals surface area contributed by atoms with E-state index in [9.17, 15) is 19.6 Å². The van der Waals surface area contributed by atoms with Gasteiger partial charge in [-0.25, -0.2) is 10.9 Å². The zero-order valence-corrected chi connectivity index (χ0v) is 28.0. The van der Waals surface area contributed by atoms with E-state index < -0.39 is 7.12 Å². The number of unbranched alkanes of at least 4 members (excludes halogenated alkanes) is 2. The number of hydrogen-bond donors (Lipinski definition) is 6. The van der Waals surface area contributed by atoms with Crippen LogP contribution in [-0.2, 0) is 14.3 Å². The number of ether oxygens (including phenoxy) is 1. The van der Waals surface area contributed by atoms with Crippen molar-refractivity contribution >= 4 is 36.2 Å². The van der Waals surface area contributed by atoms with E-state index in [-0.39, 0.29) is 53.4 Å². The van der Waals surface area contributed by atoms with E-state index in [1.54, 1.807) is 0 Å². The van der Waals surface area contributed by atoms with E-state index in [0.717, 1.165) is 64.2 Å². The number of nitrogens with zero attached hydrogens (tertiary/aromatic N) is 2. The average Bonchev–Trinajstić information content (AvgIpc) is 3.37. The average molecular weight is 651 g/mol. The third-order valence-electron chi connectivity index (χ3n) is 11.3. The number of aliphatic imine (C=N–C) groups is 1. The van der Waals surface area contributed by atoms with Crippen LogP contribution < -0.4 is 21.5 Å². The summed E-state index contributed by atoms with van der Waals surface area (Å²) in [5.74, 6) is 0.702. The van der Waals surface area contributed by atoms with Gasteiger partial charge in [0.2, 0.25) is 11.8 Å². The fourth-order valence-electron chi connectivity index (χ4n) is 8.61. The number of amides is 2. The molecule has 254 valence electrons. The van der Waals surface area contributed by atoms with E-state index in [1.165, 1.54) is 5.71 Å². The molecule has 4 fully saturated rings. The Bertz CT molecular complexity index is 1010. The van der Waals surface area contributed by atoms with Crippen molar-refractivity contribution in [2.45, 2.75) is 145 Å². The van der Waals surface area contributed by atoms with Gasteiger partial charge in [-0.3, -0.25) is 19.5 Å². The van der Waals surface area contributed by atoms with Crippen molar-refractivity contribution in [3.05, 3.63) is 0 Å². The third kappa shape index (κ3) is 9.00. The highest BCUT2D eigenvalue weighted by atomic mass is 35.5. The van der Waals surface area contributed by atoms with Gasteiger partial charge in [-0.2, -0.15) is 0 Å². The summed E-state index contributed by atoms with van der Waals surface area (Å²) >= 11 is 6.51. The van der Waals surface area contributed by atoms with Crippen LogP contribution in [0.2, 0.25) is 5.82 Å².